The van der Waals surface area contributed by atoms with Crippen LogP contribution in [-0.4, -0.2) is 70.2 Å². The van der Waals surface area contributed by atoms with Gasteiger partial charge in [-0.1, -0.05) is 0 Å². The summed E-state index contributed by atoms with van der Waals surface area (Å²) in [6.45, 7) is 1.08. The van der Waals surface area contributed by atoms with Crippen molar-refractivity contribution in [2.75, 3.05) is 0 Å². The molecule has 0 aliphatic carbocycles. The number of hydrogen-bond acceptors (Lipinski definition) is 1. The number of halogens is 1. The van der Waals surface area contributed by atoms with E-state index < -0.39 is 5.97 Å². The van der Waals surface area contributed by atoms with Gasteiger partial charge in [0.25, 0.3) is 5.97 Å². The van der Waals surface area contributed by atoms with E-state index in [-0.39, 0.29) is 77.7 Å². The van der Waals surface area contributed by atoms with E-state index in [1.54, 1.807) is 0 Å². The minimum Gasteiger partial charge on any atom is -1.00 e. The van der Waals surface area contributed by atoms with Crippen LogP contribution in [0.4, 0.5) is 0 Å². The van der Waals surface area contributed by atoms with Gasteiger partial charge in [-0.3, -0.25) is 4.79 Å². The van der Waals surface area contributed by atoms with Crippen LogP contribution in [0.15, 0.2) is 0 Å². The summed E-state index contributed by atoms with van der Waals surface area (Å²) in [6.07, 6.45) is 0. The molecule has 5 N–H and O–H groups in total. The Morgan fingerprint density at radius 3 is 1.38 bits per heavy atom. The van der Waals surface area contributed by atoms with Crippen LogP contribution in [0.1, 0.15) is 6.92 Å². The molecule has 0 amide bonds. The zero-order valence-corrected chi connectivity index (χ0v) is 10.5. The average molecular weight is 160 g/mol. The fourth-order valence-corrected chi connectivity index (χ4v) is 0. The molecule has 0 aromatic heterocycles. The molecule has 2 radical (unpaired) electrons. The first-order valence-corrected chi connectivity index (χ1v) is 0.928. The fraction of sp³-hybridized carbons (Fsp3) is 0.500. The van der Waals surface area contributed by atoms with Crippen LogP contribution >= 0.6 is 0 Å². The summed E-state index contributed by atoms with van der Waals surface area (Å²) < 4.78 is 0. The van der Waals surface area contributed by atoms with E-state index in [1.807, 2.05) is 0 Å². The second-order valence-electron chi connectivity index (χ2n) is 0.519. The predicted molar refractivity (Wildman–Crippen MR) is 30.8 cm³/mol. The third kappa shape index (κ3) is 118. The molecule has 0 aliphatic heterocycles. The predicted octanol–water partition coefficient (Wildman–Crippen LogP) is -3.29. The maximum atomic E-state index is 9.00. The zero-order chi connectivity index (χ0) is 3.58. The van der Waals surface area contributed by atoms with Crippen molar-refractivity contribution < 1.29 is 22.3 Å². The van der Waals surface area contributed by atoms with Crippen molar-refractivity contribution in [2.24, 2.45) is 0 Å². The van der Waals surface area contributed by atoms with Crippen molar-refractivity contribution in [1.29, 1.82) is 0 Å². The Hall–Kier alpha value is 1.72. The first kappa shape index (κ1) is 33.2. The summed E-state index contributed by atoms with van der Waals surface area (Å²) in [7, 11) is 0. The molecule has 0 rings (SSSR count). The minimum absolute atomic E-state index is 0. The van der Waals surface area contributed by atoms with Crippen LogP contribution in [0.3, 0.4) is 0 Å². The van der Waals surface area contributed by atoms with Gasteiger partial charge >= 0.3 is 0 Å². The van der Waals surface area contributed by atoms with Crippen molar-refractivity contribution in [3.05, 3.63) is 0 Å². The van der Waals surface area contributed by atoms with Gasteiger partial charge in [-0.2, -0.15) is 0 Å². The van der Waals surface area contributed by atoms with E-state index >= 15 is 0 Å². The number of carboxylic acid groups (broad SMARTS) is 1. The van der Waals surface area contributed by atoms with E-state index in [0.29, 0.717) is 0 Å². The molecule has 0 aromatic rings. The molecule has 3 nitrogen and oxygen atoms in total. The smallest absolute Gasteiger partial charge is 0.300 e. The quantitative estimate of drug-likeness (QED) is 0.364. The van der Waals surface area contributed by atoms with Crippen LogP contribution < -0.4 is 18.6 Å². The molecule has 8 heavy (non-hydrogen) atoms. The number of carboxylic acids is 1. The Morgan fingerprint density at radius 2 is 1.38 bits per heavy atom. The molecule has 6 heteroatoms. The molecule has 0 fully saturated rings. The summed E-state index contributed by atoms with van der Waals surface area (Å²) >= 11 is 0. The third-order valence-electron chi connectivity index (χ3n) is 0. The summed E-state index contributed by atoms with van der Waals surface area (Å²) in [5.41, 5.74) is 0. The molecule has 0 spiro atoms. The Labute approximate surface area is 99.2 Å². The molecule has 0 saturated heterocycles. The van der Waals surface area contributed by atoms with E-state index in [1.165, 1.54) is 0 Å². The molecule has 42 valence electrons. The van der Waals surface area contributed by atoms with Crippen LogP contribution in [0.2, 0.25) is 0 Å². The van der Waals surface area contributed by atoms with Crippen LogP contribution in [0, 0.1) is 0 Å². The first-order chi connectivity index (χ1) is 1.73. The normalized spacial score (nSPS) is 3.12. The summed E-state index contributed by atoms with van der Waals surface area (Å²) in [4.78, 5) is 9.00. The summed E-state index contributed by atoms with van der Waals surface area (Å²) in [5, 5.41) is 7.42. The van der Waals surface area contributed by atoms with Gasteiger partial charge in [0.2, 0.25) is 0 Å². The second kappa shape index (κ2) is 23.3. The average Bonchev–Trinajstić information content (AvgIpc) is 0.811. The van der Waals surface area contributed by atoms with Gasteiger partial charge in [0.1, 0.15) is 0 Å². The molecule has 0 unspecified atom stereocenters. The molecule has 0 heterocycles. The number of rotatable bonds is 0. The van der Waals surface area contributed by atoms with Gasteiger partial charge in [0.05, 0.1) is 0 Å². The van der Waals surface area contributed by atoms with Gasteiger partial charge in [-0.15, -0.1) is 0 Å². The molecule has 0 saturated carbocycles. The first-order valence-electron chi connectivity index (χ1n) is 0.928. The molecule has 0 aliphatic rings. The van der Waals surface area contributed by atoms with Crippen molar-refractivity contribution in [2.45, 2.75) is 6.92 Å². The van der Waals surface area contributed by atoms with Gasteiger partial charge < -0.3 is 23.7 Å². The van der Waals surface area contributed by atoms with Crippen molar-refractivity contribution in [3.63, 3.8) is 0 Å². The van der Waals surface area contributed by atoms with Crippen LogP contribution in [-0.2, 0) is 4.79 Å². The van der Waals surface area contributed by atoms with Gasteiger partial charge in [0.15, 0.2) is 0 Å². The maximum absolute atomic E-state index is 9.00. The van der Waals surface area contributed by atoms with E-state index in [4.69, 9.17) is 9.90 Å². The Balaban J connectivity index is -0.00000000750. The third-order valence-corrected chi connectivity index (χ3v) is 0. The van der Waals surface area contributed by atoms with Gasteiger partial charge in [-0.25, -0.2) is 0 Å². The SMILES string of the molecule is CC(=O)O.[Cl-].[NH4+].[Na].[Na]. The molecule has 0 atom stereocenters. The number of hydrogen-bond donors (Lipinski definition) is 2. The monoisotopic (exact) mass is 159 g/mol. The van der Waals surface area contributed by atoms with Gasteiger partial charge in [0, 0.05) is 66.0 Å². The second-order valence-corrected chi connectivity index (χ2v) is 0.519. The molecule has 0 aromatic carbocycles. The maximum Gasteiger partial charge on any atom is 0.300 e. The molecular weight excluding hydrogens is 151 g/mol. The number of quaternary nitrogens is 1. The van der Waals surface area contributed by atoms with E-state index in [9.17, 15) is 0 Å². The minimum atomic E-state index is -0.833. The summed E-state index contributed by atoms with van der Waals surface area (Å²) in [6, 6.07) is 0. The van der Waals surface area contributed by atoms with E-state index in [2.05, 4.69) is 0 Å². The van der Waals surface area contributed by atoms with Crippen LogP contribution in [0.25, 0.3) is 0 Å². The van der Waals surface area contributed by atoms with Crippen molar-refractivity contribution in [1.82, 2.24) is 6.15 Å². The molecule has 0 bridgehead atoms. The number of aliphatic carboxylic acids is 1. The standard InChI is InChI=1S/C2H4O2.ClH.H3N.2Na/c1-2(3)4;;;;/h1H3,(H,3,4);1H;1H3;;. The zero-order valence-electron chi connectivity index (χ0n) is 5.73. The Bertz CT molecular complexity index is 41.0. The Kier molecular flexibility index (Phi) is 96.7. The van der Waals surface area contributed by atoms with Crippen molar-refractivity contribution >= 4 is 65.1 Å². The number of carbonyl (C=O) groups is 1. The largest absolute Gasteiger partial charge is 1.00 e. The summed E-state index contributed by atoms with van der Waals surface area (Å²) in [5.74, 6) is -0.833. The van der Waals surface area contributed by atoms with E-state index in [0.717, 1.165) is 6.92 Å². The topological polar surface area (TPSA) is 73.8 Å². The fourth-order valence-electron chi connectivity index (χ4n) is 0. The molecular formula is C2H8ClNNa2O2. The van der Waals surface area contributed by atoms with Crippen molar-refractivity contribution in [3.8, 4) is 0 Å². The Morgan fingerprint density at radius 1 is 1.38 bits per heavy atom. The van der Waals surface area contributed by atoms with Crippen LogP contribution in [0.5, 0.6) is 0 Å². The van der Waals surface area contributed by atoms with Gasteiger partial charge in [-0.05, 0) is 0 Å².